The van der Waals surface area contributed by atoms with Gasteiger partial charge in [0.25, 0.3) is 10.0 Å². The highest BCUT2D eigenvalue weighted by Gasteiger charge is 2.40. The van der Waals surface area contributed by atoms with Crippen LogP contribution in [0.5, 0.6) is 11.5 Å². The number of phenolic OH excluding ortho intramolecular Hbond substituents is 2. The predicted octanol–water partition coefficient (Wildman–Crippen LogP) is 3.01. The van der Waals surface area contributed by atoms with Gasteiger partial charge in [0.15, 0.2) is 15.6 Å². The minimum absolute atomic E-state index is 0.306. The second-order valence-corrected chi connectivity index (χ2v) is 11.5. The molecule has 0 bridgehead atoms. The molecule has 2 aromatic rings. The summed E-state index contributed by atoms with van der Waals surface area (Å²) in [7, 11) is -8.29. The van der Waals surface area contributed by atoms with Gasteiger partial charge in [-0.2, -0.15) is 5.26 Å². The second kappa shape index (κ2) is 7.19. The quantitative estimate of drug-likeness (QED) is 0.534. The zero-order valence-corrected chi connectivity index (χ0v) is 18.4. The molecule has 1 aliphatic rings. The molecule has 0 aliphatic heterocycles. The van der Waals surface area contributed by atoms with E-state index >= 15 is 0 Å². The Hall–Kier alpha value is -2.29. The van der Waals surface area contributed by atoms with Gasteiger partial charge < -0.3 is 10.2 Å². The Morgan fingerprint density at radius 2 is 1.76 bits per heavy atom. The zero-order chi connectivity index (χ0) is 21.6. The molecule has 11 heteroatoms. The van der Waals surface area contributed by atoms with Crippen LogP contribution in [0, 0.1) is 11.3 Å². The van der Waals surface area contributed by atoms with Crippen molar-refractivity contribution >= 4 is 41.5 Å². The largest absolute Gasteiger partial charge is 0.507 e. The van der Waals surface area contributed by atoms with Crippen molar-refractivity contribution in [2.75, 3.05) is 11.0 Å². The number of hydrogen-bond donors (Lipinski definition) is 3. The Labute approximate surface area is 176 Å². The highest BCUT2D eigenvalue weighted by molar-refractivity contribution is 9.10. The van der Waals surface area contributed by atoms with Crippen molar-refractivity contribution in [3.05, 3.63) is 40.4 Å². The van der Waals surface area contributed by atoms with Crippen LogP contribution in [0.15, 0.2) is 44.6 Å². The molecule has 0 radical (unpaired) electrons. The summed E-state index contributed by atoms with van der Waals surface area (Å²) in [6.07, 6.45) is 2.64. The standard InChI is InChI=1S/C18H17BrN2O6S2/c1-28(24,25)16-8-11(18(10-20)5-2-6-18)7-13(17(16)23)21-29(26,27)15-9-12(19)3-4-14(15)22/h3-4,7-9,21-23H,2,5-6H2,1H3. The number of nitrogens with one attached hydrogen (secondary N) is 1. The van der Waals surface area contributed by atoms with E-state index < -0.39 is 46.6 Å². The van der Waals surface area contributed by atoms with Crippen molar-refractivity contribution in [1.82, 2.24) is 0 Å². The number of nitrogens with zero attached hydrogens (tertiary/aromatic N) is 1. The van der Waals surface area contributed by atoms with Gasteiger partial charge in [-0.05, 0) is 55.2 Å². The second-order valence-electron chi connectivity index (χ2n) is 6.91. The summed E-state index contributed by atoms with van der Waals surface area (Å²) >= 11 is 3.12. The molecule has 0 unspecified atom stereocenters. The number of sulfone groups is 1. The SMILES string of the molecule is CS(=O)(=O)c1cc(C2(C#N)CCC2)cc(NS(=O)(=O)c2cc(Br)ccc2O)c1O. The molecule has 1 fully saturated rings. The summed E-state index contributed by atoms with van der Waals surface area (Å²) in [5, 5.41) is 30.0. The first-order valence-electron chi connectivity index (χ1n) is 8.40. The maximum absolute atomic E-state index is 12.8. The van der Waals surface area contributed by atoms with Crippen molar-refractivity contribution in [3.8, 4) is 17.6 Å². The number of nitriles is 1. The number of sulfonamides is 1. The van der Waals surface area contributed by atoms with E-state index in [1.807, 2.05) is 0 Å². The molecule has 0 heterocycles. The Morgan fingerprint density at radius 1 is 1.10 bits per heavy atom. The highest BCUT2D eigenvalue weighted by Crippen LogP contribution is 2.47. The molecule has 29 heavy (non-hydrogen) atoms. The minimum Gasteiger partial charge on any atom is -0.507 e. The van der Waals surface area contributed by atoms with E-state index in [4.69, 9.17) is 0 Å². The van der Waals surface area contributed by atoms with Gasteiger partial charge in [-0.25, -0.2) is 16.8 Å². The monoisotopic (exact) mass is 500 g/mol. The van der Waals surface area contributed by atoms with E-state index in [2.05, 4.69) is 26.7 Å². The molecule has 0 aromatic heterocycles. The fourth-order valence-corrected chi connectivity index (χ4v) is 5.64. The number of aromatic hydroxyl groups is 2. The molecule has 1 saturated carbocycles. The smallest absolute Gasteiger partial charge is 0.265 e. The van der Waals surface area contributed by atoms with Crippen LogP contribution in [-0.4, -0.2) is 33.3 Å². The molecule has 3 rings (SSSR count). The molecule has 1 aliphatic carbocycles. The molecule has 154 valence electrons. The van der Waals surface area contributed by atoms with Crippen molar-refractivity contribution < 1.29 is 27.0 Å². The number of halogens is 1. The summed E-state index contributed by atoms with van der Waals surface area (Å²) in [6.45, 7) is 0. The van der Waals surface area contributed by atoms with E-state index in [0.29, 0.717) is 22.9 Å². The normalized spacial score (nSPS) is 15.9. The lowest BCUT2D eigenvalue weighted by atomic mass is 9.65. The summed E-state index contributed by atoms with van der Waals surface area (Å²) in [6, 6.07) is 8.43. The molecular weight excluding hydrogens is 484 g/mol. The Bertz CT molecular complexity index is 1250. The summed E-state index contributed by atoms with van der Waals surface area (Å²) in [4.78, 5) is -0.941. The minimum atomic E-state index is -4.38. The van der Waals surface area contributed by atoms with Gasteiger partial charge in [0.05, 0.1) is 17.2 Å². The number of anilines is 1. The average Bonchev–Trinajstić information content (AvgIpc) is 2.57. The van der Waals surface area contributed by atoms with Crippen molar-refractivity contribution in [3.63, 3.8) is 0 Å². The number of phenols is 2. The Balaban J connectivity index is 2.19. The van der Waals surface area contributed by atoms with E-state index in [1.165, 1.54) is 30.3 Å². The molecule has 2 aromatic carbocycles. The Morgan fingerprint density at radius 3 is 2.28 bits per heavy atom. The average molecular weight is 501 g/mol. The fourth-order valence-electron chi connectivity index (χ4n) is 3.14. The third-order valence-corrected chi connectivity index (χ3v) is 7.90. The molecule has 3 N–H and O–H groups in total. The van der Waals surface area contributed by atoms with Crippen LogP contribution in [0.3, 0.4) is 0 Å². The number of rotatable bonds is 5. The van der Waals surface area contributed by atoms with Crippen molar-refractivity contribution in [2.24, 2.45) is 0 Å². The van der Waals surface area contributed by atoms with Crippen LogP contribution >= 0.6 is 15.9 Å². The summed E-state index contributed by atoms with van der Waals surface area (Å²) in [5.41, 5.74) is -1.02. The van der Waals surface area contributed by atoms with Crippen LogP contribution in [0.4, 0.5) is 5.69 Å². The van der Waals surface area contributed by atoms with Crippen molar-refractivity contribution in [1.29, 1.82) is 5.26 Å². The lowest BCUT2D eigenvalue weighted by molar-refractivity contribution is 0.323. The number of benzene rings is 2. The van der Waals surface area contributed by atoms with Gasteiger partial charge in [0.2, 0.25) is 0 Å². The van der Waals surface area contributed by atoms with Gasteiger partial charge in [-0.15, -0.1) is 0 Å². The lowest BCUT2D eigenvalue weighted by Crippen LogP contribution is -2.32. The van der Waals surface area contributed by atoms with Crippen LogP contribution in [0.2, 0.25) is 0 Å². The van der Waals surface area contributed by atoms with E-state index in [1.54, 1.807) is 0 Å². The predicted molar refractivity (Wildman–Crippen MR) is 109 cm³/mol. The number of hydrogen-bond acceptors (Lipinski definition) is 7. The lowest BCUT2D eigenvalue weighted by Gasteiger charge is -2.36. The van der Waals surface area contributed by atoms with Crippen LogP contribution in [-0.2, 0) is 25.3 Å². The zero-order valence-electron chi connectivity index (χ0n) is 15.2. The van der Waals surface area contributed by atoms with E-state index in [0.717, 1.165) is 12.7 Å². The maximum atomic E-state index is 12.8. The summed E-state index contributed by atoms with van der Waals surface area (Å²) < 4.78 is 52.4. The first-order valence-corrected chi connectivity index (χ1v) is 12.6. The van der Waals surface area contributed by atoms with E-state index in [-0.39, 0.29) is 5.69 Å². The van der Waals surface area contributed by atoms with E-state index in [9.17, 15) is 32.3 Å². The van der Waals surface area contributed by atoms with Crippen LogP contribution < -0.4 is 4.72 Å². The molecular formula is C18H17BrN2O6S2. The molecule has 0 saturated heterocycles. The maximum Gasteiger partial charge on any atom is 0.265 e. The first-order chi connectivity index (χ1) is 13.4. The van der Waals surface area contributed by atoms with Gasteiger partial charge in [0.1, 0.15) is 15.5 Å². The third kappa shape index (κ3) is 3.92. The fraction of sp³-hybridized carbons (Fsp3) is 0.278. The molecule has 0 spiro atoms. The molecule has 0 amide bonds. The van der Waals surface area contributed by atoms with Crippen LogP contribution in [0.1, 0.15) is 24.8 Å². The van der Waals surface area contributed by atoms with Gasteiger partial charge >= 0.3 is 0 Å². The van der Waals surface area contributed by atoms with Gasteiger partial charge in [0, 0.05) is 10.7 Å². The van der Waals surface area contributed by atoms with Gasteiger partial charge in [-0.1, -0.05) is 15.9 Å². The Kier molecular flexibility index (Phi) is 5.31. The molecule has 8 nitrogen and oxygen atoms in total. The summed E-state index contributed by atoms with van der Waals surface area (Å²) in [5.74, 6) is -1.30. The highest BCUT2D eigenvalue weighted by atomic mass is 79.9. The van der Waals surface area contributed by atoms with Crippen LogP contribution in [0.25, 0.3) is 0 Å². The van der Waals surface area contributed by atoms with Crippen molar-refractivity contribution in [2.45, 2.75) is 34.5 Å². The topological polar surface area (TPSA) is 145 Å². The first kappa shape index (κ1) is 21.4. The molecule has 0 atom stereocenters. The third-order valence-electron chi connectivity index (χ3n) is 4.90. The van der Waals surface area contributed by atoms with Gasteiger partial charge in [-0.3, -0.25) is 4.72 Å².